The van der Waals surface area contributed by atoms with Gasteiger partial charge in [-0.1, -0.05) is 29.3 Å². The number of unbranched alkanes of at least 4 members (excludes halogenated alkanes) is 1. The fourth-order valence-electron chi connectivity index (χ4n) is 4.98. The molecule has 0 aromatic carbocycles. The van der Waals surface area contributed by atoms with Crippen molar-refractivity contribution < 1.29 is 4.79 Å². The summed E-state index contributed by atoms with van der Waals surface area (Å²) in [6, 6.07) is 0. The molecule has 4 aliphatic carbocycles. The minimum atomic E-state index is -0.0265. The Morgan fingerprint density at radius 3 is 2.50 bits per heavy atom. The normalized spacial score (nSPS) is 45.2. The van der Waals surface area contributed by atoms with Gasteiger partial charge in [0.1, 0.15) is 0 Å². The summed E-state index contributed by atoms with van der Waals surface area (Å²) in [7, 11) is 0. The van der Waals surface area contributed by atoms with Crippen LogP contribution in [0.25, 0.3) is 0 Å². The van der Waals surface area contributed by atoms with Crippen LogP contribution in [0.4, 0.5) is 0 Å². The molecule has 1 amide bonds. The second-order valence-corrected chi connectivity index (χ2v) is 8.68. The molecule has 4 fully saturated rings. The van der Waals surface area contributed by atoms with Crippen LogP contribution in [0.1, 0.15) is 58.3 Å². The van der Waals surface area contributed by atoms with E-state index in [0.29, 0.717) is 10.2 Å². The van der Waals surface area contributed by atoms with Gasteiger partial charge in [-0.3, -0.25) is 4.79 Å². The molecule has 0 spiro atoms. The molecule has 0 aromatic rings. The molecule has 4 saturated carbocycles. The smallest absolute Gasteiger partial charge is 0.226 e. The van der Waals surface area contributed by atoms with Crippen LogP contribution in [-0.4, -0.2) is 16.8 Å². The molecule has 18 heavy (non-hydrogen) atoms. The molecule has 0 aromatic heterocycles. The number of rotatable bonds is 4. The van der Waals surface area contributed by atoms with Gasteiger partial charge in [0.15, 0.2) is 0 Å². The van der Waals surface area contributed by atoms with Crippen molar-refractivity contribution in [3.8, 4) is 0 Å². The van der Waals surface area contributed by atoms with Crippen LogP contribution >= 0.6 is 15.9 Å². The van der Waals surface area contributed by atoms with Crippen molar-refractivity contribution >= 4 is 21.8 Å². The molecule has 0 aliphatic heterocycles. The van der Waals surface area contributed by atoms with Gasteiger partial charge in [0.05, 0.1) is 5.41 Å². The van der Waals surface area contributed by atoms with Crippen LogP contribution in [0.3, 0.4) is 0 Å². The van der Waals surface area contributed by atoms with Crippen LogP contribution < -0.4 is 5.32 Å². The Morgan fingerprint density at radius 2 is 1.94 bits per heavy atom. The topological polar surface area (TPSA) is 29.1 Å². The monoisotopic (exact) mass is 313 g/mol. The third kappa shape index (κ3) is 2.13. The fourth-order valence-corrected chi connectivity index (χ4v) is 6.43. The molecule has 4 bridgehead atoms. The van der Waals surface area contributed by atoms with E-state index in [2.05, 4.69) is 28.2 Å². The average Bonchev–Trinajstić information content (AvgIpc) is 2.25. The first-order chi connectivity index (χ1) is 8.55. The second-order valence-electron chi connectivity index (χ2n) is 7.00. The van der Waals surface area contributed by atoms with Gasteiger partial charge in [0, 0.05) is 10.9 Å². The Hall–Kier alpha value is -0.0500. The standard InChI is InChI=1S/C15H24BrNO/c1-2-3-4-17-13(18)14-6-11-5-12(7-14)9-15(16,8-11)10-14/h11-12H,2-10H2,1H3,(H,17,18). The van der Waals surface area contributed by atoms with Gasteiger partial charge < -0.3 is 5.32 Å². The highest BCUT2D eigenvalue weighted by Gasteiger charge is 2.59. The van der Waals surface area contributed by atoms with Gasteiger partial charge in [-0.25, -0.2) is 0 Å². The number of carbonyl (C=O) groups is 1. The average molecular weight is 314 g/mol. The van der Waals surface area contributed by atoms with Crippen molar-refractivity contribution in [3.63, 3.8) is 0 Å². The number of carbonyl (C=O) groups excluding carboxylic acids is 1. The van der Waals surface area contributed by atoms with Crippen molar-refractivity contribution in [1.82, 2.24) is 5.32 Å². The van der Waals surface area contributed by atoms with Gasteiger partial charge in [0.2, 0.25) is 5.91 Å². The van der Waals surface area contributed by atoms with E-state index < -0.39 is 0 Å². The largest absolute Gasteiger partial charge is 0.356 e. The van der Waals surface area contributed by atoms with E-state index in [9.17, 15) is 4.79 Å². The lowest BCUT2D eigenvalue weighted by Crippen LogP contribution is -2.58. The zero-order valence-electron chi connectivity index (χ0n) is 11.3. The molecule has 3 heteroatoms. The summed E-state index contributed by atoms with van der Waals surface area (Å²) in [5, 5.41) is 3.20. The van der Waals surface area contributed by atoms with Gasteiger partial charge in [-0.2, -0.15) is 0 Å². The maximum Gasteiger partial charge on any atom is 0.226 e. The van der Waals surface area contributed by atoms with Crippen molar-refractivity contribution in [1.29, 1.82) is 0 Å². The van der Waals surface area contributed by atoms with Gasteiger partial charge in [0.25, 0.3) is 0 Å². The molecule has 102 valence electrons. The third-order valence-electron chi connectivity index (χ3n) is 5.29. The van der Waals surface area contributed by atoms with Crippen molar-refractivity contribution in [3.05, 3.63) is 0 Å². The number of nitrogens with one attached hydrogen (secondary N) is 1. The van der Waals surface area contributed by atoms with E-state index in [-0.39, 0.29) is 5.41 Å². The third-order valence-corrected chi connectivity index (χ3v) is 6.22. The predicted octanol–water partition coefficient (Wildman–Crippen LogP) is 3.64. The molecule has 2 nitrogen and oxygen atoms in total. The number of alkyl halides is 1. The van der Waals surface area contributed by atoms with Crippen molar-refractivity contribution in [2.75, 3.05) is 6.54 Å². The summed E-state index contributed by atoms with van der Waals surface area (Å²) < 4.78 is 0.291. The molecule has 0 saturated heterocycles. The maximum absolute atomic E-state index is 12.6. The fraction of sp³-hybridized carbons (Fsp3) is 0.933. The number of hydrogen-bond donors (Lipinski definition) is 1. The number of amides is 1. The van der Waals surface area contributed by atoms with Crippen LogP contribution in [0.15, 0.2) is 0 Å². The highest BCUT2D eigenvalue weighted by Crippen LogP contribution is 2.64. The van der Waals surface area contributed by atoms with E-state index in [4.69, 9.17) is 0 Å². The first kappa shape index (κ1) is 13.0. The predicted molar refractivity (Wildman–Crippen MR) is 76.7 cm³/mol. The Labute approximate surface area is 118 Å². The Morgan fingerprint density at radius 1 is 1.28 bits per heavy atom. The van der Waals surface area contributed by atoms with E-state index in [1.165, 1.54) is 19.3 Å². The minimum absolute atomic E-state index is 0.0265. The molecule has 2 unspecified atom stereocenters. The number of halogens is 1. The van der Waals surface area contributed by atoms with Crippen LogP contribution in [0, 0.1) is 17.3 Å². The second kappa shape index (κ2) is 4.50. The number of hydrogen-bond acceptors (Lipinski definition) is 1. The summed E-state index contributed by atoms with van der Waals surface area (Å²) in [6.45, 7) is 3.03. The van der Waals surface area contributed by atoms with Gasteiger partial charge >= 0.3 is 0 Å². The molecule has 2 atom stereocenters. The first-order valence-corrected chi connectivity index (χ1v) is 8.32. The van der Waals surface area contributed by atoms with E-state index >= 15 is 0 Å². The lowest BCUT2D eigenvalue weighted by atomic mass is 9.49. The Kier molecular flexibility index (Phi) is 3.24. The molecule has 4 aliphatic rings. The highest BCUT2D eigenvalue weighted by atomic mass is 79.9. The lowest BCUT2D eigenvalue weighted by Gasteiger charge is -2.59. The molecule has 4 rings (SSSR count). The summed E-state index contributed by atoms with van der Waals surface area (Å²) in [5.41, 5.74) is -0.0265. The van der Waals surface area contributed by atoms with Crippen molar-refractivity contribution in [2.45, 2.75) is 62.6 Å². The SMILES string of the molecule is CCCCNC(=O)C12CC3CC(CC(Br)(C3)C1)C2. The molecule has 1 N–H and O–H groups in total. The van der Waals surface area contributed by atoms with Gasteiger partial charge in [-0.15, -0.1) is 0 Å². The van der Waals surface area contributed by atoms with Crippen molar-refractivity contribution in [2.24, 2.45) is 17.3 Å². The van der Waals surface area contributed by atoms with Crippen LogP contribution in [0.2, 0.25) is 0 Å². The maximum atomic E-state index is 12.6. The summed E-state index contributed by atoms with van der Waals surface area (Å²) in [5.74, 6) is 1.94. The quantitative estimate of drug-likeness (QED) is 0.623. The summed E-state index contributed by atoms with van der Waals surface area (Å²) in [6.07, 6.45) is 9.60. The zero-order valence-corrected chi connectivity index (χ0v) is 12.9. The molecule has 0 heterocycles. The molecular formula is C15H24BrNO. The Balaban J connectivity index is 1.72. The first-order valence-electron chi connectivity index (χ1n) is 7.52. The van der Waals surface area contributed by atoms with E-state index in [0.717, 1.165) is 50.5 Å². The van der Waals surface area contributed by atoms with E-state index in [1.54, 1.807) is 0 Å². The molecular weight excluding hydrogens is 290 g/mol. The Bertz CT molecular complexity index is 340. The summed E-state index contributed by atoms with van der Waals surface area (Å²) in [4.78, 5) is 12.6. The molecule has 0 radical (unpaired) electrons. The highest BCUT2D eigenvalue weighted by molar-refractivity contribution is 9.10. The van der Waals surface area contributed by atoms with Gasteiger partial charge in [-0.05, 0) is 56.8 Å². The van der Waals surface area contributed by atoms with Crippen LogP contribution in [0.5, 0.6) is 0 Å². The van der Waals surface area contributed by atoms with E-state index in [1.807, 2.05) is 0 Å². The zero-order chi connectivity index (χ0) is 12.8. The van der Waals surface area contributed by atoms with Crippen LogP contribution in [-0.2, 0) is 4.79 Å². The lowest BCUT2D eigenvalue weighted by molar-refractivity contribution is -0.144. The summed E-state index contributed by atoms with van der Waals surface area (Å²) >= 11 is 3.96. The minimum Gasteiger partial charge on any atom is -0.356 e.